The second-order valence-electron chi connectivity index (χ2n) is 6.91. The molecule has 0 unspecified atom stereocenters. The van der Waals surface area contributed by atoms with Crippen LogP contribution in [0.5, 0.6) is 0 Å². The van der Waals surface area contributed by atoms with Crippen LogP contribution < -0.4 is 16.1 Å². The highest BCUT2D eigenvalue weighted by Gasteiger charge is 2.17. The molecular formula is C22H21ClFN3OS. The highest BCUT2D eigenvalue weighted by molar-refractivity contribution is 7.25. The maximum atomic E-state index is 13.9. The van der Waals surface area contributed by atoms with Gasteiger partial charge in [0.25, 0.3) is 0 Å². The Kier molecular flexibility index (Phi) is 5.94. The van der Waals surface area contributed by atoms with E-state index in [0.29, 0.717) is 21.3 Å². The van der Waals surface area contributed by atoms with Crippen molar-refractivity contribution in [1.29, 1.82) is 0 Å². The number of rotatable bonds is 7. The molecule has 2 N–H and O–H groups in total. The summed E-state index contributed by atoms with van der Waals surface area (Å²) in [5.74, 6) is 0.154. The summed E-state index contributed by atoms with van der Waals surface area (Å²) in [6, 6.07) is 10.0. The molecule has 29 heavy (non-hydrogen) atoms. The minimum absolute atomic E-state index is 0.221. The summed E-state index contributed by atoms with van der Waals surface area (Å²) in [7, 11) is 0. The van der Waals surface area contributed by atoms with E-state index in [2.05, 4.69) is 17.6 Å². The molecule has 0 bridgehead atoms. The Morgan fingerprint density at radius 2 is 1.93 bits per heavy atom. The number of hydrogen-bond donors (Lipinski definition) is 2. The second kappa shape index (κ2) is 8.61. The number of anilines is 1. The fraction of sp³-hybridized carbons (Fsp3) is 0.273. The molecule has 2 aromatic carbocycles. The van der Waals surface area contributed by atoms with Crippen LogP contribution in [0.15, 0.2) is 41.2 Å². The Bertz CT molecular complexity index is 1260. The van der Waals surface area contributed by atoms with Crippen molar-refractivity contribution in [1.82, 2.24) is 10.3 Å². The lowest BCUT2D eigenvalue weighted by molar-refractivity contribution is 0.630. The summed E-state index contributed by atoms with van der Waals surface area (Å²) in [5.41, 5.74) is 0.513. The van der Waals surface area contributed by atoms with Crippen molar-refractivity contribution in [2.75, 3.05) is 25.0 Å². The molecule has 0 fully saturated rings. The lowest BCUT2D eigenvalue weighted by Gasteiger charge is -2.12. The second-order valence-corrected chi connectivity index (χ2v) is 8.34. The summed E-state index contributed by atoms with van der Waals surface area (Å²) < 4.78 is 15.2. The summed E-state index contributed by atoms with van der Waals surface area (Å²) in [6.45, 7) is 4.78. The van der Waals surface area contributed by atoms with Gasteiger partial charge in [0.1, 0.15) is 11.6 Å². The summed E-state index contributed by atoms with van der Waals surface area (Å²) in [4.78, 5) is 18.1. The number of nitrogens with one attached hydrogen (secondary N) is 2. The molecule has 7 heteroatoms. The third kappa shape index (κ3) is 3.92. The van der Waals surface area contributed by atoms with Gasteiger partial charge in [-0.3, -0.25) is 4.79 Å². The van der Waals surface area contributed by atoms with Crippen molar-refractivity contribution >= 4 is 59.8 Å². The molecule has 0 saturated carbocycles. The normalized spacial score (nSPS) is 11.6. The maximum absolute atomic E-state index is 13.9. The Morgan fingerprint density at radius 3 is 2.76 bits per heavy atom. The number of halogens is 2. The molecule has 0 radical (unpaired) electrons. The first kappa shape index (κ1) is 20.0. The van der Waals surface area contributed by atoms with Crippen molar-refractivity contribution in [3.05, 3.63) is 57.5 Å². The highest BCUT2D eigenvalue weighted by Crippen LogP contribution is 2.36. The molecule has 4 aromatic rings. The van der Waals surface area contributed by atoms with Gasteiger partial charge in [-0.1, -0.05) is 36.7 Å². The number of benzene rings is 2. The topological polar surface area (TPSA) is 54.0 Å². The third-order valence-corrected chi connectivity index (χ3v) is 6.44. The van der Waals surface area contributed by atoms with Gasteiger partial charge in [0.05, 0.1) is 25.3 Å². The molecule has 150 valence electrons. The average molecular weight is 430 g/mol. The molecule has 4 nitrogen and oxygen atoms in total. The van der Waals surface area contributed by atoms with Crippen LogP contribution >= 0.6 is 22.9 Å². The van der Waals surface area contributed by atoms with Gasteiger partial charge in [0.15, 0.2) is 5.43 Å². The zero-order chi connectivity index (χ0) is 20.4. The van der Waals surface area contributed by atoms with Gasteiger partial charge >= 0.3 is 0 Å². The number of aromatic nitrogens is 1. The molecule has 4 rings (SSSR count). The number of nitrogens with zero attached hydrogens (tertiary/aromatic N) is 1. The first-order chi connectivity index (χ1) is 14.1. The van der Waals surface area contributed by atoms with Crippen LogP contribution in [0.25, 0.3) is 31.1 Å². The molecule has 0 aliphatic carbocycles. The van der Waals surface area contributed by atoms with Gasteiger partial charge in [0.2, 0.25) is 0 Å². The fourth-order valence-electron chi connectivity index (χ4n) is 3.43. The lowest BCUT2D eigenvalue weighted by Crippen LogP contribution is -2.19. The first-order valence-electron chi connectivity index (χ1n) is 9.69. The maximum Gasteiger partial charge on any atom is 0.196 e. The fourth-order valence-corrected chi connectivity index (χ4v) is 4.89. The zero-order valence-electron chi connectivity index (χ0n) is 16.0. The Morgan fingerprint density at radius 1 is 1.10 bits per heavy atom. The largest absolute Gasteiger partial charge is 0.369 e. The summed E-state index contributed by atoms with van der Waals surface area (Å²) in [6.07, 6.45) is 2.04. The van der Waals surface area contributed by atoms with E-state index in [1.807, 2.05) is 24.3 Å². The highest BCUT2D eigenvalue weighted by atomic mass is 35.5. The molecule has 0 aliphatic rings. The number of pyridine rings is 1. The van der Waals surface area contributed by atoms with Crippen molar-refractivity contribution < 1.29 is 4.39 Å². The van der Waals surface area contributed by atoms with Crippen molar-refractivity contribution in [2.45, 2.75) is 19.8 Å². The quantitative estimate of drug-likeness (QED) is 0.229. The Balaban J connectivity index is 1.87. The monoisotopic (exact) mass is 429 g/mol. The minimum Gasteiger partial charge on any atom is -0.369 e. The molecule has 0 spiro atoms. The Labute approximate surface area is 176 Å². The molecular weight excluding hydrogens is 409 g/mol. The van der Waals surface area contributed by atoms with E-state index in [0.717, 1.165) is 48.1 Å². The number of para-hydroxylation sites is 1. The van der Waals surface area contributed by atoms with Gasteiger partial charge < -0.3 is 10.6 Å². The van der Waals surface area contributed by atoms with E-state index >= 15 is 0 Å². The van der Waals surface area contributed by atoms with E-state index in [4.69, 9.17) is 16.6 Å². The van der Waals surface area contributed by atoms with E-state index in [-0.39, 0.29) is 10.5 Å². The van der Waals surface area contributed by atoms with E-state index < -0.39 is 5.82 Å². The molecule has 0 atom stereocenters. The van der Waals surface area contributed by atoms with Crippen molar-refractivity contribution in [3.63, 3.8) is 0 Å². The standard InChI is InChI=1S/C22H21ClFN3OS/c1-2-8-25-9-5-10-26-22-21-18(14-6-3-4-7-17(14)27-22)19(28)15-11-13(24)12-16(23)20(15)29-21/h3-4,6-7,11-12,25H,2,5,8-10H2,1H3,(H,26,27). The number of fused-ring (bicyclic) bond motifs is 4. The molecule has 0 aliphatic heterocycles. The number of hydrogen-bond acceptors (Lipinski definition) is 5. The lowest BCUT2D eigenvalue weighted by atomic mass is 10.1. The van der Waals surface area contributed by atoms with Gasteiger partial charge in [-0.2, -0.15) is 0 Å². The van der Waals surface area contributed by atoms with Crippen LogP contribution in [0, 0.1) is 5.82 Å². The average Bonchev–Trinajstić information content (AvgIpc) is 2.71. The van der Waals surface area contributed by atoms with E-state index in [9.17, 15) is 9.18 Å². The van der Waals surface area contributed by atoms with Crippen LogP contribution in [0.1, 0.15) is 19.8 Å². The van der Waals surface area contributed by atoms with Crippen LogP contribution in [-0.4, -0.2) is 24.6 Å². The van der Waals surface area contributed by atoms with Crippen LogP contribution in [0.2, 0.25) is 5.02 Å². The van der Waals surface area contributed by atoms with Crippen molar-refractivity contribution in [2.24, 2.45) is 0 Å². The van der Waals surface area contributed by atoms with Crippen LogP contribution in [0.4, 0.5) is 10.2 Å². The summed E-state index contributed by atoms with van der Waals surface area (Å²) >= 11 is 7.64. The zero-order valence-corrected chi connectivity index (χ0v) is 17.6. The van der Waals surface area contributed by atoms with Crippen LogP contribution in [0.3, 0.4) is 0 Å². The third-order valence-electron chi connectivity index (χ3n) is 4.78. The van der Waals surface area contributed by atoms with E-state index in [1.165, 1.54) is 23.5 Å². The smallest absolute Gasteiger partial charge is 0.196 e. The molecule has 2 aromatic heterocycles. The van der Waals surface area contributed by atoms with Crippen LogP contribution in [-0.2, 0) is 0 Å². The predicted molar refractivity (Wildman–Crippen MR) is 122 cm³/mol. The first-order valence-corrected chi connectivity index (χ1v) is 10.9. The molecule has 0 saturated heterocycles. The SMILES string of the molecule is CCCNCCCNc1nc2ccccc2c2c(=O)c3cc(F)cc(Cl)c3sc12. The predicted octanol–water partition coefficient (Wildman–Crippen LogP) is 5.56. The van der Waals surface area contributed by atoms with Gasteiger partial charge in [-0.15, -0.1) is 11.3 Å². The molecule has 2 heterocycles. The van der Waals surface area contributed by atoms with Gasteiger partial charge in [-0.05, 0) is 44.1 Å². The summed E-state index contributed by atoms with van der Waals surface area (Å²) in [5, 5.41) is 8.62. The van der Waals surface area contributed by atoms with E-state index in [1.54, 1.807) is 0 Å². The minimum atomic E-state index is -0.512. The Hall–Kier alpha value is -2.28. The van der Waals surface area contributed by atoms with Crippen molar-refractivity contribution in [3.8, 4) is 0 Å². The van der Waals surface area contributed by atoms with Gasteiger partial charge in [0, 0.05) is 17.3 Å². The van der Waals surface area contributed by atoms with Gasteiger partial charge in [-0.25, -0.2) is 9.37 Å². The molecule has 0 amide bonds.